The fraction of sp³-hybridized carbons (Fsp3) is 0.938. The highest BCUT2D eigenvalue weighted by atomic mass is 16.1. The van der Waals surface area contributed by atoms with E-state index >= 15 is 0 Å². The molecule has 0 aliphatic carbocycles. The molecule has 0 aliphatic rings. The van der Waals surface area contributed by atoms with Gasteiger partial charge in [-0.3, -0.25) is 4.79 Å². The molecule has 0 heterocycles. The van der Waals surface area contributed by atoms with Crippen LogP contribution < -0.4 is 16.0 Å². The number of amides is 1. The molecule has 4 heteroatoms. The summed E-state index contributed by atoms with van der Waals surface area (Å²) in [6.45, 7) is 17.6. The SMILES string of the molecule is CC.CC(C)C.CCNCCCCNCCCNC=O. The molecule has 0 aliphatic heterocycles. The smallest absolute Gasteiger partial charge is 0.207 e. The first-order valence-corrected chi connectivity index (χ1v) is 8.23. The maximum absolute atomic E-state index is 9.90. The van der Waals surface area contributed by atoms with Crippen molar-refractivity contribution in [3.8, 4) is 0 Å². The molecular weight excluding hydrogens is 250 g/mol. The van der Waals surface area contributed by atoms with Gasteiger partial charge < -0.3 is 16.0 Å². The molecule has 0 atom stereocenters. The Morgan fingerprint density at radius 3 is 1.75 bits per heavy atom. The van der Waals surface area contributed by atoms with Gasteiger partial charge in [0.25, 0.3) is 0 Å². The largest absolute Gasteiger partial charge is 0.359 e. The normalized spacial score (nSPS) is 9.15. The van der Waals surface area contributed by atoms with E-state index in [1.165, 1.54) is 12.8 Å². The van der Waals surface area contributed by atoms with E-state index in [0.29, 0.717) is 0 Å². The molecule has 0 bridgehead atoms. The second-order valence-electron chi connectivity index (χ2n) is 4.97. The summed E-state index contributed by atoms with van der Waals surface area (Å²) in [7, 11) is 0. The van der Waals surface area contributed by atoms with Crippen LogP contribution in [0.15, 0.2) is 0 Å². The number of carbonyl (C=O) groups excluding carboxylic acids is 1. The van der Waals surface area contributed by atoms with Gasteiger partial charge in [-0.2, -0.15) is 0 Å². The van der Waals surface area contributed by atoms with Gasteiger partial charge in [-0.15, -0.1) is 0 Å². The van der Waals surface area contributed by atoms with Gasteiger partial charge in [-0.05, 0) is 51.4 Å². The fourth-order valence-corrected chi connectivity index (χ4v) is 1.18. The van der Waals surface area contributed by atoms with Gasteiger partial charge in [0, 0.05) is 6.54 Å². The Labute approximate surface area is 127 Å². The standard InChI is InChI=1S/C10H23N3O.C4H10.C2H6/c1-2-11-6-3-4-7-12-8-5-9-13-10-14;1-4(2)3;1-2/h10-12H,2-9H2,1H3,(H,13,14);4H,1-3H3;1-2H3. The fourth-order valence-electron chi connectivity index (χ4n) is 1.18. The summed E-state index contributed by atoms with van der Waals surface area (Å²) in [5.41, 5.74) is 0. The van der Waals surface area contributed by atoms with Gasteiger partial charge in [0.2, 0.25) is 6.41 Å². The van der Waals surface area contributed by atoms with Crippen LogP contribution >= 0.6 is 0 Å². The molecule has 0 radical (unpaired) electrons. The summed E-state index contributed by atoms with van der Waals surface area (Å²) >= 11 is 0. The summed E-state index contributed by atoms with van der Waals surface area (Å²) < 4.78 is 0. The predicted molar refractivity (Wildman–Crippen MR) is 91.2 cm³/mol. The topological polar surface area (TPSA) is 53.2 Å². The van der Waals surface area contributed by atoms with E-state index in [1.807, 2.05) is 13.8 Å². The average molecular weight is 290 g/mol. The Hall–Kier alpha value is -0.610. The number of carbonyl (C=O) groups is 1. The minimum absolute atomic E-state index is 0.746. The van der Waals surface area contributed by atoms with E-state index in [4.69, 9.17) is 0 Å². The monoisotopic (exact) mass is 289 g/mol. The molecule has 124 valence electrons. The van der Waals surface area contributed by atoms with Crippen molar-refractivity contribution in [2.24, 2.45) is 5.92 Å². The number of rotatable bonds is 11. The second kappa shape index (κ2) is 26.9. The van der Waals surface area contributed by atoms with Crippen LogP contribution in [0, 0.1) is 5.92 Å². The van der Waals surface area contributed by atoms with E-state index in [9.17, 15) is 4.79 Å². The zero-order chi connectivity index (χ0) is 16.1. The predicted octanol–water partition coefficient (Wildman–Crippen LogP) is 2.79. The van der Waals surface area contributed by atoms with Crippen molar-refractivity contribution in [2.75, 3.05) is 32.7 Å². The molecule has 20 heavy (non-hydrogen) atoms. The lowest BCUT2D eigenvalue weighted by atomic mass is 10.3. The lowest BCUT2D eigenvalue weighted by Gasteiger charge is -2.04. The highest BCUT2D eigenvalue weighted by Gasteiger charge is 1.89. The molecule has 3 N–H and O–H groups in total. The summed E-state index contributed by atoms with van der Waals surface area (Å²) in [5, 5.41) is 9.26. The minimum atomic E-state index is 0.746. The van der Waals surface area contributed by atoms with Crippen molar-refractivity contribution >= 4 is 6.41 Å². The Kier molecular flexibility index (Phi) is 32.8. The molecule has 0 unspecified atom stereocenters. The molecule has 0 rings (SSSR count). The highest BCUT2D eigenvalue weighted by molar-refractivity contribution is 5.45. The second-order valence-corrected chi connectivity index (χ2v) is 4.97. The van der Waals surface area contributed by atoms with E-state index in [2.05, 4.69) is 43.6 Å². The van der Waals surface area contributed by atoms with Crippen molar-refractivity contribution in [3.63, 3.8) is 0 Å². The summed E-state index contributed by atoms with van der Waals surface area (Å²) in [6.07, 6.45) is 4.20. The third-order valence-corrected chi connectivity index (χ3v) is 1.97. The van der Waals surface area contributed by atoms with Gasteiger partial charge in [-0.25, -0.2) is 0 Å². The van der Waals surface area contributed by atoms with Crippen LogP contribution in [0.3, 0.4) is 0 Å². The molecule has 0 saturated carbocycles. The van der Waals surface area contributed by atoms with E-state index in [-0.39, 0.29) is 0 Å². The average Bonchev–Trinajstić information content (AvgIpc) is 2.43. The van der Waals surface area contributed by atoms with Gasteiger partial charge in [0.15, 0.2) is 0 Å². The number of unbranched alkanes of at least 4 members (excludes halogenated alkanes) is 1. The Morgan fingerprint density at radius 2 is 1.30 bits per heavy atom. The maximum Gasteiger partial charge on any atom is 0.207 e. The van der Waals surface area contributed by atoms with Crippen LogP contribution in [0.1, 0.15) is 60.8 Å². The summed E-state index contributed by atoms with van der Waals surface area (Å²) in [6, 6.07) is 0. The third kappa shape index (κ3) is 43.3. The van der Waals surface area contributed by atoms with E-state index in [0.717, 1.165) is 51.5 Å². The van der Waals surface area contributed by atoms with E-state index in [1.54, 1.807) is 0 Å². The molecule has 1 amide bonds. The van der Waals surface area contributed by atoms with Gasteiger partial charge in [0.05, 0.1) is 0 Å². The van der Waals surface area contributed by atoms with Gasteiger partial charge in [0.1, 0.15) is 0 Å². The highest BCUT2D eigenvalue weighted by Crippen LogP contribution is 1.84. The van der Waals surface area contributed by atoms with Gasteiger partial charge in [-0.1, -0.05) is 41.5 Å². The lowest BCUT2D eigenvalue weighted by molar-refractivity contribution is -0.109. The van der Waals surface area contributed by atoms with Crippen LogP contribution in [-0.2, 0) is 4.79 Å². The zero-order valence-electron chi connectivity index (χ0n) is 14.7. The molecular formula is C16H39N3O. The van der Waals surface area contributed by atoms with Crippen LogP contribution in [0.25, 0.3) is 0 Å². The first-order chi connectivity index (χ1) is 9.65. The van der Waals surface area contributed by atoms with Crippen LogP contribution in [0.4, 0.5) is 0 Å². The number of nitrogens with one attached hydrogen (secondary N) is 3. The minimum Gasteiger partial charge on any atom is -0.359 e. The maximum atomic E-state index is 9.90. The third-order valence-electron chi connectivity index (χ3n) is 1.97. The summed E-state index contributed by atoms with van der Waals surface area (Å²) in [4.78, 5) is 9.90. The molecule has 0 spiro atoms. The molecule has 0 saturated heterocycles. The quantitative estimate of drug-likeness (QED) is 0.405. The summed E-state index contributed by atoms with van der Waals surface area (Å²) in [5.74, 6) is 0.833. The van der Waals surface area contributed by atoms with Crippen molar-refractivity contribution in [1.82, 2.24) is 16.0 Å². The van der Waals surface area contributed by atoms with Crippen molar-refractivity contribution in [3.05, 3.63) is 0 Å². The van der Waals surface area contributed by atoms with Crippen LogP contribution in [-0.4, -0.2) is 39.1 Å². The number of hydrogen-bond donors (Lipinski definition) is 3. The lowest BCUT2D eigenvalue weighted by Crippen LogP contribution is -2.22. The molecule has 0 aromatic heterocycles. The molecule has 4 nitrogen and oxygen atoms in total. The van der Waals surface area contributed by atoms with Gasteiger partial charge >= 0.3 is 0 Å². The molecule has 0 aromatic carbocycles. The Morgan fingerprint density at radius 1 is 0.850 bits per heavy atom. The van der Waals surface area contributed by atoms with Crippen molar-refractivity contribution < 1.29 is 4.79 Å². The molecule has 0 fully saturated rings. The van der Waals surface area contributed by atoms with Crippen LogP contribution in [0.2, 0.25) is 0 Å². The first kappa shape index (κ1) is 24.4. The van der Waals surface area contributed by atoms with Crippen molar-refractivity contribution in [2.45, 2.75) is 60.8 Å². The number of hydrogen-bond acceptors (Lipinski definition) is 3. The van der Waals surface area contributed by atoms with Crippen LogP contribution in [0.5, 0.6) is 0 Å². The van der Waals surface area contributed by atoms with Crippen molar-refractivity contribution in [1.29, 1.82) is 0 Å². The first-order valence-electron chi connectivity index (χ1n) is 8.23. The molecule has 0 aromatic rings. The zero-order valence-corrected chi connectivity index (χ0v) is 14.7. The Bertz CT molecular complexity index is 150. The Balaban J connectivity index is -0.000000410. The van der Waals surface area contributed by atoms with E-state index < -0.39 is 0 Å².